The minimum atomic E-state index is 0.427. The van der Waals surface area contributed by atoms with Crippen LogP contribution in [-0.4, -0.2) is 5.71 Å². The van der Waals surface area contributed by atoms with Crippen LogP contribution in [0.1, 0.15) is 19.3 Å². The molecule has 84 valence electrons. The van der Waals surface area contributed by atoms with E-state index >= 15 is 0 Å². The molecule has 3 nitrogen and oxygen atoms in total. The Labute approximate surface area is 95.9 Å². The molecule has 0 saturated heterocycles. The van der Waals surface area contributed by atoms with Crippen LogP contribution in [-0.2, 0) is 0 Å². The Hall–Kier alpha value is -1.77. The van der Waals surface area contributed by atoms with Crippen molar-refractivity contribution in [1.29, 1.82) is 5.41 Å². The number of anilines is 1. The molecule has 1 fully saturated rings. The fourth-order valence-electron chi connectivity index (χ4n) is 1.73. The molecule has 1 aromatic carbocycles. The number of hydrogen-bond acceptors (Lipinski definition) is 3. The molecule has 16 heavy (non-hydrogen) atoms. The first-order valence-electron chi connectivity index (χ1n) is 5.63. The van der Waals surface area contributed by atoms with Gasteiger partial charge in [-0.3, -0.25) is 0 Å². The summed E-state index contributed by atoms with van der Waals surface area (Å²) in [5.74, 6) is 0.972. The van der Waals surface area contributed by atoms with Gasteiger partial charge in [-0.05, 0) is 31.1 Å². The Balaban J connectivity index is 1.94. The van der Waals surface area contributed by atoms with Gasteiger partial charge in [-0.25, -0.2) is 0 Å². The molecule has 0 aliphatic heterocycles. The third-order valence-corrected chi connectivity index (χ3v) is 2.92. The SMILES string of the molecule is N=C(/C=C(/N)Nc1ccccc1)C1CCC1. The summed E-state index contributed by atoms with van der Waals surface area (Å²) in [6, 6.07) is 9.77. The Morgan fingerprint density at radius 3 is 2.56 bits per heavy atom. The van der Waals surface area contributed by atoms with Crippen LogP contribution >= 0.6 is 0 Å². The molecule has 4 N–H and O–H groups in total. The van der Waals surface area contributed by atoms with Gasteiger partial charge in [0, 0.05) is 17.3 Å². The van der Waals surface area contributed by atoms with Crippen molar-refractivity contribution in [2.75, 3.05) is 5.32 Å². The second-order valence-corrected chi connectivity index (χ2v) is 4.17. The van der Waals surface area contributed by atoms with Crippen LogP contribution < -0.4 is 11.1 Å². The van der Waals surface area contributed by atoms with Crippen molar-refractivity contribution in [3.8, 4) is 0 Å². The summed E-state index contributed by atoms with van der Waals surface area (Å²) in [5, 5.41) is 10.9. The van der Waals surface area contributed by atoms with Crippen molar-refractivity contribution < 1.29 is 0 Å². The van der Waals surface area contributed by atoms with Crippen LogP contribution in [0.15, 0.2) is 42.2 Å². The molecule has 0 heterocycles. The van der Waals surface area contributed by atoms with E-state index in [-0.39, 0.29) is 0 Å². The number of nitrogens with one attached hydrogen (secondary N) is 2. The van der Waals surface area contributed by atoms with Crippen LogP contribution in [0.3, 0.4) is 0 Å². The Bertz CT molecular complexity index is 391. The maximum atomic E-state index is 7.85. The van der Waals surface area contributed by atoms with Crippen molar-refractivity contribution in [2.45, 2.75) is 19.3 Å². The van der Waals surface area contributed by atoms with E-state index in [0.717, 1.165) is 18.5 Å². The number of benzene rings is 1. The maximum absolute atomic E-state index is 7.85. The predicted octanol–water partition coefficient (Wildman–Crippen LogP) is 2.72. The molecule has 0 atom stereocenters. The lowest BCUT2D eigenvalue weighted by atomic mass is 9.81. The van der Waals surface area contributed by atoms with Gasteiger partial charge in [0.2, 0.25) is 0 Å². The molecule has 0 amide bonds. The lowest BCUT2D eigenvalue weighted by Crippen LogP contribution is -2.21. The summed E-state index contributed by atoms with van der Waals surface area (Å²) in [7, 11) is 0. The van der Waals surface area contributed by atoms with Crippen LogP contribution in [0.2, 0.25) is 0 Å². The van der Waals surface area contributed by atoms with Gasteiger partial charge in [0.05, 0.1) is 0 Å². The monoisotopic (exact) mass is 215 g/mol. The van der Waals surface area contributed by atoms with Gasteiger partial charge in [0.15, 0.2) is 0 Å². The van der Waals surface area contributed by atoms with Gasteiger partial charge >= 0.3 is 0 Å². The van der Waals surface area contributed by atoms with Crippen molar-refractivity contribution in [3.63, 3.8) is 0 Å². The lowest BCUT2D eigenvalue weighted by Gasteiger charge is -2.24. The lowest BCUT2D eigenvalue weighted by molar-refractivity contribution is 0.413. The van der Waals surface area contributed by atoms with Crippen LogP contribution in [0.4, 0.5) is 5.69 Å². The van der Waals surface area contributed by atoms with Gasteiger partial charge in [0.1, 0.15) is 5.82 Å². The zero-order valence-electron chi connectivity index (χ0n) is 9.24. The van der Waals surface area contributed by atoms with E-state index in [1.165, 1.54) is 6.42 Å². The average molecular weight is 215 g/mol. The van der Waals surface area contributed by atoms with Gasteiger partial charge in [-0.15, -0.1) is 0 Å². The molecule has 0 unspecified atom stereocenters. The summed E-state index contributed by atoms with van der Waals surface area (Å²) < 4.78 is 0. The minimum Gasteiger partial charge on any atom is -0.385 e. The number of hydrogen-bond donors (Lipinski definition) is 3. The third-order valence-electron chi connectivity index (χ3n) is 2.92. The van der Waals surface area contributed by atoms with E-state index in [9.17, 15) is 0 Å². The van der Waals surface area contributed by atoms with E-state index in [1.54, 1.807) is 6.08 Å². The minimum absolute atomic E-state index is 0.427. The highest BCUT2D eigenvalue weighted by atomic mass is 15.0. The Morgan fingerprint density at radius 2 is 2.00 bits per heavy atom. The Morgan fingerprint density at radius 1 is 1.31 bits per heavy atom. The first-order chi connectivity index (χ1) is 7.75. The van der Waals surface area contributed by atoms with E-state index in [4.69, 9.17) is 11.1 Å². The van der Waals surface area contributed by atoms with Crippen LogP contribution in [0, 0.1) is 11.3 Å². The summed E-state index contributed by atoms with van der Waals surface area (Å²) in [6.45, 7) is 0. The van der Waals surface area contributed by atoms with E-state index < -0.39 is 0 Å². The quantitative estimate of drug-likeness (QED) is 0.676. The van der Waals surface area contributed by atoms with Crippen LogP contribution in [0.25, 0.3) is 0 Å². The largest absolute Gasteiger partial charge is 0.385 e. The topological polar surface area (TPSA) is 61.9 Å². The molecule has 2 rings (SSSR count). The fourth-order valence-corrected chi connectivity index (χ4v) is 1.73. The molecule has 3 heteroatoms. The molecular formula is C13H17N3. The first kappa shape index (κ1) is 10.7. The number of nitrogens with two attached hydrogens (primary N) is 1. The van der Waals surface area contributed by atoms with Crippen molar-refractivity contribution in [3.05, 3.63) is 42.2 Å². The van der Waals surface area contributed by atoms with E-state index in [1.807, 2.05) is 30.3 Å². The predicted molar refractivity (Wildman–Crippen MR) is 67.4 cm³/mol. The molecular weight excluding hydrogens is 198 g/mol. The second-order valence-electron chi connectivity index (χ2n) is 4.17. The first-order valence-corrected chi connectivity index (χ1v) is 5.63. The molecule has 1 aromatic rings. The van der Waals surface area contributed by atoms with E-state index in [2.05, 4.69) is 5.32 Å². The van der Waals surface area contributed by atoms with Crippen molar-refractivity contribution in [2.24, 2.45) is 11.7 Å². The third kappa shape index (κ3) is 2.63. The molecule has 1 aliphatic rings. The summed E-state index contributed by atoms with van der Waals surface area (Å²) in [6.07, 6.45) is 5.24. The highest BCUT2D eigenvalue weighted by molar-refractivity contribution is 5.95. The maximum Gasteiger partial charge on any atom is 0.102 e. The molecule has 1 saturated carbocycles. The average Bonchev–Trinajstić information content (AvgIpc) is 2.15. The van der Waals surface area contributed by atoms with Crippen LogP contribution in [0.5, 0.6) is 0 Å². The van der Waals surface area contributed by atoms with Gasteiger partial charge < -0.3 is 16.5 Å². The standard InChI is InChI=1S/C13H17N3/c14-12(10-5-4-6-10)9-13(15)16-11-7-2-1-3-8-11/h1-3,7-10,14,16H,4-6,15H2/b13-9-,14-12?. The van der Waals surface area contributed by atoms with Crippen molar-refractivity contribution in [1.82, 2.24) is 0 Å². The number of para-hydroxylation sites is 1. The molecule has 1 aliphatic carbocycles. The summed E-state index contributed by atoms with van der Waals surface area (Å²) in [5.41, 5.74) is 7.43. The second kappa shape index (κ2) is 4.84. The summed E-state index contributed by atoms with van der Waals surface area (Å²) >= 11 is 0. The number of allylic oxidation sites excluding steroid dienone is 1. The van der Waals surface area contributed by atoms with Gasteiger partial charge in [0.25, 0.3) is 0 Å². The molecule has 0 radical (unpaired) electrons. The molecule has 0 aromatic heterocycles. The normalized spacial score (nSPS) is 16.6. The van der Waals surface area contributed by atoms with E-state index in [0.29, 0.717) is 17.5 Å². The molecule has 0 spiro atoms. The zero-order valence-corrected chi connectivity index (χ0v) is 9.24. The highest BCUT2D eigenvalue weighted by Gasteiger charge is 2.20. The summed E-state index contributed by atoms with van der Waals surface area (Å²) in [4.78, 5) is 0. The number of rotatable bonds is 4. The molecule has 0 bridgehead atoms. The fraction of sp³-hybridized carbons (Fsp3) is 0.308. The highest BCUT2D eigenvalue weighted by Crippen LogP contribution is 2.27. The van der Waals surface area contributed by atoms with Gasteiger partial charge in [-0.2, -0.15) is 0 Å². The van der Waals surface area contributed by atoms with Crippen molar-refractivity contribution >= 4 is 11.4 Å². The Kier molecular flexibility index (Phi) is 3.25. The smallest absolute Gasteiger partial charge is 0.102 e. The zero-order chi connectivity index (χ0) is 11.4. The van der Waals surface area contributed by atoms with Gasteiger partial charge in [-0.1, -0.05) is 24.6 Å².